The summed E-state index contributed by atoms with van der Waals surface area (Å²) in [4.78, 5) is 25.1. The lowest BCUT2D eigenvalue weighted by molar-refractivity contribution is -0.121. The van der Waals surface area contributed by atoms with Gasteiger partial charge in [0.2, 0.25) is 11.8 Å². The molecule has 0 spiro atoms. The average Bonchev–Trinajstić information content (AvgIpc) is 2.92. The molecule has 0 saturated carbocycles. The number of nitrogens with one attached hydrogen (secondary N) is 2. The summed E-state index contributed by atoms with van der Waals surface area (Å²) in [5, 5.41) is 15.8. The predicted molar refractivity (Wildman–Crippen MR) is 142 cm³/mol. The molecule has 0 aliphatic carbocycles. The molecule has 0 fully saturated rings. The van der Waals surface area contributed by atoms with E-state index in [1.165, 1.54) is 7.11 Å². The van der Waals surface area contributed by atoms with E-state index in [9.17, 15) is 14.9 Å². The molecule has 4 rings (SSSR count). The van der Waals surface area contributed by atoms with Gasteiger partial charge in [-0.2, -0.15) is 5.26 Å². The number of hydrogen-bond donors (Lipinski definition) is 2. The Balaban J connectivity index is 1.42. The molecule has 1 aliphatic heterocycles. The number of carbonyl (C=O) groups excluding carboxylic acids is 2. The molecule has 1 atom stereocenters. The number of thioether (sulfide) groups is 1. The Hall–Kier alpha value is -4.42. The highest BCUT2D eigenvalue weighted by atomic mass is 32.2. The number of hydrogen-bond acceptors (Lipinski definition) is 7. The summed E-state index contributed by atoms with van der Waals surface area (Å²) in [7, 11) is 3.07. The summed E-state index contributed by atoms with van der Waals surface area (Å²) in [6, 6.07) is 24.0. The minimum absolute atomic E-state index is 0.0156. The van der Waals surface area contributed by atoms with Gasteiger partial charge < -0.3 is 24.8 Å². The van der Waals surface area contributed by atoms with Gasteiger partial charge in [0.25, 0.3) is 0 Å². The Bertz CT molecular complexity index is 1350. The Morgan fingerprint density at radius 2 is 1.73 bits per heavy atom. The van der Waals surface area contributed by atoms with E-state index < -0.39 is 5.92 Å². The number of anilines is 1. The number of benzene rings is 3. The van der Waals surface area contributed by atoms with E-state index >= 15 is 0 Å². The fourth-order valence-electron chi connectivity index (χ4n) is 3.85. The summed E-state index contributed by atoms with van der Waals surface area (Å²) in [5.74, 6) is 1.50. The molecule has 188 valence electrons. The lowest BCUT2D eigenvalue weighted by Crippen LogP contribution is -2.31. The molecule has 8 nitrogen and oxygen atoms in total. The van der Waals surface area contributed by atoms with Crippen molar-refractivity contribution in [1.82, 2.24) is 5.32 Å². The highest BCUT2D eigenvalue weighted by Gasteiger charge is 2.30. The van der Waals surface area contributed by atoms with Gasteiger partial charge in [-0.3, -0.25) is 9.59 Å². The smallest absolute Gasteiger partial charge is 0.234 e. The maximum Gasteiger partial charge on any atom is 0.234 e. The first-order chi connectivity index (χ1) is 18.0. The van der Waals surface area contributed by atoms with Crippen molar-refractivity contribution in [1.29, 1.82) is 5.26 Å². The number of carbonyl (C=O) groups is 2. The van der Waals surface area contributed by atoms with Gasteiger partial charge in [-0.05, 0) is 54.1 Å². The van der Waals surface area contributed by atoms with Crippen molar-refractivity contribution in [2.45, 2.75) is 12.3 Å². The fourth-order valence-corrected chi connectivity index (χ4v) is 4.73. The van der Waals surface area contributed by atoms with E-state index in [1.54, 1.807) is 43.5 Å². The van der Waals surface area contributed by atoms with Crippen LogP contribution in [0.3, 0.4) is 0 Å². The number of ether oxygens (including phenoxy) is 3. The largest absolute Gasteiger partial charge is 0.493 e. The van der Waals surface area contributed by atoms with Gasteiger partial charge >= 0.3 is 0 Å². The predicted octanol–water partition coefficient (Wildman–Crippen LogP) is 5.21. The van der Waals surface area contributed by atoms with Crippen molar-refractivity contribution in [2.24, 2.45) is 0 Å². The maximum atomic E-state index is 12.6. The van der Waals surface area contributed by atoms with Crippen LogP contribution in [-0.4, -0.2) is 31.8 Å². The third-order valence-electron chi connectivity index (χ3n) is 5.63. The van der Waals surface area contributed by atoms with Crippen molar-refractivity contribution >= 4 is 29.3 Å². The van der Waals surface area contributed by atoms with Crippen LogP contribution in [0.5, 0.6) is 23.0 Å². The van der Waals surface area contributed by atoms with Crippen LogP contribution in [-0.2, 0) is 9.59 Å². The Labute approximate surface area is 219 Å². The zero-order chi connectivity index (χ0) is 26.2. The van der Waals surface area contributed by atoms with Crippen LogP contribution in [0.2, 0.25) is 0 Å². The van der Waals surface area contributed by atoms with Crippen LogP contribution >= 0.6 is 11.8 Å². The second-order valence-electron chi connectivity index (χ2n) is 8.05. The lowest BCUT2D eigenvalue weighted by Gasteiger charge is -2.25. The first-order valence-electron chi connectivity index (χ1n) is 11.4. The van der Waals surface area contributed by atoms with Gasteiger partial charge in [-0.15, -0.1) is 0 Å². The third-order valence-corrected chi connectivity index (χ3v) is 6.65. The number of methoxy groups -OCH3 is 2. The van der Waals surface area contributed by atoms with Crippen molar-refractivity contribution in [3.05, 3.63) is 89.0 Å². The van der Waals surface area contributed by atoms with E-state index in [0.29, 0.717) is 33.5 Å². The number of nitriles is 1. The fraction of sp³-hybridized carbons (Fsp3) is 0.179. The van der Waals surface area contributed by atoms with Gasteiger partial charge in [0.15, 0.2) is 11.5 Å². The molecule has 0 unspecified atom stereocenters. The van der Waals surface area contributed by atoms with E-state index in [4.69, 9.17) is 14.2 Å². The van der Waals surface area contributed by atoms with Crippen LogP contribution in [0.15, 0.2) is 83.4 Å². The second-order valence-corrected chi connectivity index (χ2v) is 9.04. The molecule has 3 aromatic rings. The Kier molecular flexibility index (Phi) is 8.33. The normalized spacial score (nSPS) is 14.8. The quantitative estimate of drug-likeness (QED) is 0.403. The van der Waals surface area contributed by atoms with Crippen molar-refractivity contribution < 1.29 is 23.8 Å². The maximum absolute atomic E-state index is 12.6. The van der Waals surface area contributed by atoms with Crippen LogP contribution in [0.1, 0.15) is 17.9 Å². The lowest BCUT2D eigenvalue weighted by atomic mass is 9.87. The average molecular weight is 516 g/mol. The molecule has 0 aromatic heterocycles. The molecule has 3 aromatic carbocycles. The molecule has 9 heteroatoms. The Morgan fingerprint density at radius 1 is 1.03 bits per heavy atom. The standard InChI is InChI=1S/C28H25N3O5S/c1-34-24-13-8-18(14-25(24)35-2)22-15-26(32)31-28(23(22)16-29)37-17-27(33)30-19-9-11-21(12-10-19)36-20-6-4-3-5-7-20/h3-14,22H,15,17H2,1-2H3,(H,30,33)(H,31,32)/t22-/m1/s1. The molecule has 2 N–H and O–H groups in total. The summed E-state index contributed by atoms with van der Waals surface area (Å²) in [6.07, 6.45) is 0.117. The van der Waals surface area contributed by atoms with Crippen molar-refractivity contribution in [3.8, 4) is 29.1 Å². The van der Waals surface area contributed by atoms with Crippen LogP contribution in [0, 0.1) is 11.3 Å². The molecule has 1 aliphatic rings. The molecule has 2 amide bonds. The number of amides is 2. The molecule has 37 heavy (non-hydrogen) atoms. The highest BCUT2D eigenvalue weighted by Crippen LogP contribution is 2.39. The van der Waals surface area contributed by atoms with Gasteiger partial charge in [0.1, 0.15) is 11.5 Å². The highest BCUT2D eigenvalue weighted by molar-refractivity contribution is 8.03. The topological polar surface area (TPSA) is 110 Å². The summed E-state index contributed by atoms with van der Waals surface area (Å²) >= 11 is 1.11. The van der Waals surface area contributed by atoms with Crippen LogP contribution in [0.4, 0.5) is 5.69 Å². The SMILES string of the molecule is COc1ccc([C@H]2CC(=O)NC(SCC(=O)Nc3ccc(Oc4ccccc4)cc3)=C2C#N)cc1OC. The first-order valence-corrected chi connectivity index (χ1v) is 12.4. The monoisotopic (exact) mass is 515 g/mol. The first kappa shape index (κ1) is 25.7. The molecule has 0 radical (unpaired) electrons. The molecule has 0 bridgehead atoms. The zero-order valence-corrected chi connectivity index (χ0v) is 21.1. The van der Waals surface area contributed by atoms with E-state index in [-0.39, 0.29) is 24.0 Å². The number of nitrogens with zero attached hydrogens (tertiary/aromatic N) is 1. The van der Waals surface area contributed by atoms with E-state index in [0.717, 1.165) is 23.1 Å². The van der Waals surface area contributed by atoms with Crippen LogP contribution < -0.4 is 24.8 Å². The summed E-state index contributed by atoms with van der Waals surface area (Å²) in [5.41, 5.74) is 1.76. The third kappa shape index (κ3) is 6.42. The van der Waals surface area contributed by atoms with Gasteiger partial charge in [-0.25, -0.2) is 0 Å². The number of para-hydroxylation sites is 1. The minimum atomic E-state index is -0.457. The molecule has 0 saturated heterocycles. The second kappa shape index (κ2) is 12.0. The van der Waals surface area contributed by atoms with Gasteiger partial charge in [0, 0.05) is 18.0 Å². The van der Waals surface area contributed by atoms with E-state index in [1.807, 2.05) is 36.4 Å². The Morgan fingerprint density at radius 3 is 2.41 bits per heavy atom. The molecular formula is C28H25N3O5S. The van der Waals surface area contributed by atoms with Gasteiger partial charge in [0.05, 0.1) is 36.6 Å². The zero-order valence-electron chi connectivity index (χ0n) is 20.3. The van der Waals surface area contributed by atoms with E-state index in [2.05, 4.69) is 16.7 Å². The minimum Gasteiger partial charge on any atom is -0.493 e. The number of allylic oxidation sites excluding steroid dienone is 1. The van der Waals surface area contributed by atoms with Gasteiger partial charge in [-0.1, -0.05) is 36.0 Å². The summed E-state index contributed by atoms with van der Waals surface area (Å²) in [6.45, 7) is 0. The van der Waals surface area contributed by atoms with Crippen molar-refractivity contribution in [3.63, 3.8) is 0 Å². The molecule has 1 heterocycles. The number of rotatable bonds is 9. The summed E-state index contributed by atoms with van der Waals surface area (Å²) < 4.78 is 16.4. The molecular weight excluding hydrogens is 490 g/mol. The van der Waals surface area contributed by atoms with Crippen LogP contribution in [0.25, 0.3) is 0 Å². The van der Waals surface area contributed by atoms with Crippen molar-refractivity contribution in [2.75, 3.05) is 25.3 Å².